The van der Waals surface area contributed by atoms with Gasteiger partial charge in [-0.3, -0.25) is 4.79 Å². The molecule has 7 heteroatoms. The number of carbonyl (C=O) groups is 1. The lowest BCUT2D eigenvalue weighted by atomic mass is 9.88. The Morgan fingerprint density at radius 1 is 1.11 bits per heavy atom. The molecule has 5 nitrogen and oxygen atoms in total. The molecule has 0 bridgehead atoms. The molecule has 0 spiro atoms. The minimum Gasteiger partial charge on any atom is -0.339 e. The highest BCUT2D eigenvalue weighted by Crippen LogP contribution is 2.35. The van der Waals surface area contributed by atoms with Gasteiger partial charge in [-0.2, -0.15) is 5.10 Å². The van der Waals surface area contributed by atoms with E-state index >= 15 is 0 Å². The molecule has 3 aromatic rings. The highest BCUT2D eigenvalue weighted by Gasteiger charge is 2.31. The topological polar surface area (TPSA) is 51.0 Å². The number of halogens is 2. The number of aromatic nitrogens is 3. The predicted molar refractivity (Wildman–Crippen MR) is 100 cm³/mol. The van der Waals surface area contributed by atoms with Gasteiger partial charge in [-0.15, -0.1) is 0 Å². The second kappa shape index (κ2) is 7.88. The zero-order valence-corrected chi connectivity index (χ0v) is 15.2. The summed E-state index contributed by atoms with van der Waals surface area (Å²) in [7, 11) is 0. The van der Waals surface area contributed by atoms with E-state index < -0.39 is 12.0 Å². The zero-order chi connectivity index (χ0) is 19.5. The molecule has 1 aliphatic rings. The molecule has 1 atom stereocenters. The second-order valence-electron chi connectivity index (χ2n) is 6.91. The number of rotatable bonds is 4. The van der Waals surface area contributed by atoms with Crippen molar-refractivity contribution in [2.75, 3.05) is 13.1 Å². The molecule has 1 aliphatic heterocycles. The highest BCUT2D eigenvalue weighted by molar-refractivity contribution is 5.94. The van der Waals surface area contributed by atoms with Crippen molar-refractivity contribution in [3.8, 4) is 5.82 Å². The van der Waals surface area contributed by atoms with Gasteiger partial charge in [-0.05, 0) is 43.0 Å². The van der Waals surface area contributed by atoms with Crippen LogP contribution in [0.15, 0.2) is 61.1 Å². The van der Waals surface area contributed by atoms with Crippen molar-refractivity contribution >= 4 is 5.91 Å². The average Bonchev–Trinajstić information content (AvgIpc) is 3.28. The molecule has 1 amide bonds. The molecule has 1 unspecified atom stereocenters. The molecule has 1 saturated heterocycles. The maximum atomic E-state index is 14.8. The minimum absolute atomic E-state index is 0.102. The Bertz CT molecular complexity index is 953. The van der Waals surface area contributed by atoms with Crippen LogP contribution in [0, 0.1) is 11.7 Å². The fourth-order valence-electron chi connectivity index (χ4n) is 3.61. The number of pyridine rings is 1. The molecule has 144 valence electrons. The van der Waals surface area contributed by atoms with Crippen LogP contribution in [-0.2, 0) is 0 Å². The predicted octanol–water partition coefficient (Wildman–Crippen LogP) is 3.97. The molecule has 1 fully saturated rings. The maximum Gasteiger partial charge on any atom is 0.254 e. The van der Waals surface area contributed by atoms with Crippen LogP contribution >= 0.6 is 0 Å². The van der Waals surface area contributed by atoms with E-state index in [0.717, 1.165) is 0 Å². The van der Waals surface area contributed by atoms with Crippen molar-refractivity contribution in [1.29, 1.82) is 0 Å². The van der Waals surface area contributed by atoms with E-state index in [-0.39, 0.29) is 17.4 Å². The van der Waals surface area contributed by atoms with Crippen LogP contribution < -0.4 is 0 Å². The Morgan fingerprint density at radius 2 is 1.89 bits per heavy atom. The number of carbonyl (C=O) groups excluding carboxylic acids is 1. The quantitative estimate of drug-likeness (QED) is 0.686. The zero-order valence-electron chi connectivity index (χ0n) is 15.2. The summed E-state index contributed by atoms with van der Waals surface area (Å²) in [5.74, 6) is -0.362. The Labute approximate surface area is 161 Å². The fourth-order valence-corrected chi connectivity index (χ4v) is 3.61. The summed E-state index contributed by atoms with van der Waals surface area (Å²) in [5.41, 5.74) is 0.620. The SMILES string of the molecule is O=C(c1ccnc(-n2cccn2)c1)N1CCC(C(F)c2ccccc2F)CC1. The van der Waals surface area contributed by atoms with Crippen LogP contribution in [0.2, 0.25) is 0 Å². The molecule has 0 aliphatic carbocycles. The number of hydrogen-bond acceptors (Lipinski definition) is 3. The Balaban J connectivity index is 1.42. The van der Waals surface area contributed by atoms with Crippen LogP contribution in [-0.4, -0.2) is 38.7 Å². The summed E-state index contributed by atoms with van der Waals surface area (Å²) in [6, 6.07) is 11.1. The Kier molecular flexibility index (Phi) is 5.14. The van der Waals surface area contributed by atoms with Crippen LogP contribution in [0.5, 0.6) is 0 Å². The van der Waals surface area contributed by atoms with E-state index in [1.807, 2.05) is 0 Å². The smallest absolute Gasteiger partial charge is 0.254 e. The lowest BCUT2D eigenvalue weighted by molar-refractivity contribution is 0.0627. The molecule has 0 saturated carbocycles. The van der Waals surface area contributed by atoms with Crippen molar-refractivity contribution in [2.45, 2.75) is 19.0 Å². The summed E-state index contributed by atoms with van der Waals surface area (Å²) in [4.78, 5) is 18.8. The first-order chi connectivity index (χ1) is 13.6. The van der Waals surface area contributed by atoms with E-state index in [1.54, 1.807) is 58.5 Å². The van der Waals surface area contributed by atoms with Gasteiger partial charge in [0.05, 0.1) is 0 Å². The molecule has 1 aromatic carbocycles. The van der Waals surface area contributed by atoms with Gasteiger partial charge in [0, 0.05) is 42.8 Å². The van der Waals surface area contributed by atoms with Gasteiger partial charge in [-0.25, -0.2) is 18.4 Å². The van der Waals surface area contributed by atoms with E-state index in [4.69, 9.17) is 0 Å². The number of likely N-dealkylation sites (tertiary alicyclic amines) is 1. The molecule has 4 rings (SSSR count). The summed E-state index contributed by atoms with van der Waals surface area (Å²) in [5, 5.41) is 4.12. The number of nitrogens with zero attached hydrogens (tertiary/aromatic N) is 4. The van der Waals surface area contributed by atoms with Gasteiger partial charge in [0.2, 0.25) is 0 Å². The first kappa shape index (κ1) is 18.3. The molecule has 28 heavy (non-hydrogen) atoms. The highest BCUT2D eigenvalue weighted by atomic mass is 19.1. The number of amides is 1. The fraction of sp³-hybridized carbons (Fsp3) is 0.286. The molecule has 0 radical (unpaired) electrons. The van der Waals surface area contributed by atoms with Gasteiger partial charge in [0.1, 0.15) is 12.0 Å². The van der Waals surface area contributed by atoms with E-state index in [9.17, 15) is 13.6 Å². The van der Waals surface area contributed by atoms with E-state index in [2.05, 4.69) is 10.1 Å². The second-order valence-corrected chi connectivity index (χ2v) is 6.91. The van der Waals surface area contributed by atoms with Gasteiger partial charge >= 0.3 is 0 Å². The Morgan fingerprint density at radius 3 is 2.61 bits per heavy atom. The Hall–Kier alpha value is -3.09. The average molecular weight is 382 g/mol. The van der Waals surface area contributed by atoms with Crippen LogP contribution in [0.1, 0.15) is 34.9 Å². The lowest BCUT2D eigenvalue weighted by Gasteiger charge is -2.33. The number of hydrogen-bond donors (Lipinski definition) is 0. The normalized spacial score (nSPS) is 16.1. The summed E-state index contributed by atoms with van der Waals surface area (Å²) in [6.07, 6.45) is 4.62. The monoisotopic (exact) mass is 382 g/mol. The van der Waals surface area contributed by atoms with E-state index in [0.29, 0.717) is 37.3 Å². The van der Waals surface area contributed by atoms with E-state index in [1.165, 1.54) is 12.1 Å². The van der Waals surface area contributed by atoms with Crippen molar-refractivity contribution in [1.82, 2.24) is 19.7 Å². The molecule has 3 heterocycles. The summed E-state index contributed by atoms with van der Waals surface area (Å²) >= 11 is 0. The third-order valence-electron chi connectivity index (χ3n) is 5.17. The van der Waals surface area contributed by atoms with Crippen molar-refractivity contribution in [3.05, 3.63) is 78.0 Å². The molecular formula is C21H20F2N4O. The maximum absolute atomic E-state index is 14.8. The third-order valence-corrected chi connectivity index (χ3v) is 5.17. The van der Waals surface area contributed by atoms with Crippen molar-refractivity contribution in [2.24, 2.45) is 5.92 Å². The standard InChI is InChI=1S/C21H20F2N4O/c22-18-5-2-1-4-17(18)20(23)15-7-12-26(13-8-15)21(28)16-6-10-24-19(14-16)27-11-3-9-25-27/h1-6,9-11,14-15,20H,7-8,12-13H2. The van der Waals surface area contributed by atoms with Crippen LogP contribution in [0.3, 0.4) is 0 Å². The minimum atomic E-state index is -1.36. The number of piperidine rings is 1. The van der Waals surface area contributed by atoms with Crippen LogP contribution in [0.25, 0.3) is 5.82 Å². The van der Waals surface area contributed by atoms with Gasteiger partial charge in [-0.1, -0.05) is 18.2 Å². The first-order valence-corrected chi connectivity index (χ1v) is 9.27. The number of alkyl halides is 1. The first-order valence-electron chi connectivity index (χ1n) is 9.27. The van der Waals surface area contributed by atoms with Gasteiger partial charge in [0.25, 0.3) is 5.91 Å². The van der Waals surface area contributed by atoms with Crippen molar-refractivity contribution in [3.63, 3.8) is 0 Å². The van der Waals surface area contributed by atoms with Gasteiger partial charge in [0.15, 0.2) is 5.82 Å². The van der Waals surface area contributed by atoms with Crippen molar-refractivity contribution < 1.29 is 13.6 Å². The van der Waals surface area contributed by atoms with Crippen LogP contribution in [0.4, 0.5) is 8.78 Å². The molecular weight excluding hydrogens is 362 g/mol. The largest absolute Gasteiger partial charge is 0.339 e. The summed E-state index contributed by atoms with van der Waals surface area (Å²) in [6.45, 7) is 0.885. The number of benzene rings is 1. The molecule has 2 aromatic heterocycles. The lowest BCUT2D eigenvalue weighted by Crippen LogP contribution is -2.39. The summed E-state index contributed by atoms with van der Waals surface area (Å²) < 4.78 is 30.2. The third kappa shape index (κ3) is 3.65. The molecule has 0 N–H and O–H groups in total. The van der Waals surface area contributed by atoms with Gasteiger partial charge < -0.3 is 4.90 Å².